The number of rotatable bonds is 10. The average molecular weight is 318 g/mol. The Morgan fingerprint density at radius 3 is 2.04 bits per heavy atom. The van der Waals surface area contributed by atoms with E-state index in [0.717, 1.165) is 44.1 Å². The Labute approximate surface area is 140 Å². The summed E-state index contributed by atoms with van der Waals surface area (Å²) in [4.78, 5) is 23.5. The SMILES string of the molecule is CC(C)(C)C(=O)OCCCCCCCCC(=O)c1ccccc1. The molecule has 0 aromatic heterocycles. The molecule has 0 saturated heterocycles. The first-order valence-electron chi connectivity index (χ1n) is 8.67. The molecule has 128 valence electrons. The van der Waals surface area contributed by atoms with Gasteiger partial charge in [-0.3, -0.25) is 9.59 Å². The topological polar surface area (TPSA) is 43.4 Å². The van der Waals surface area contributed by atoms with Crippen molar-refractivity contribution in [2.24, 2.45) is 5.41 Å². The fourth-order valence-electron chi connectivity index (χ4n) is 2.24. The van der Waals surface area contributed by atoms with Crippen LogP contribution in [0.5, 0.6) is 0 Å². The van der Waals surface area contributed by atoms with Crippen molar-refractivity contribution in [3.63, 3.8) is 0 Å². The van der Waals surface area contributed by atoms with E-state index in [2.05, 4.69) is 0 Å². The molecule has 0 aliphatic heterocycles. The molecule has 0 N–H and O–H groups in total. The van der Waals surface area contributed by atoms with Crippen molar-refractivity contribution in [3.05, 3.63) is 35.9 Å². The minimum Gasteiger partial charge on any atom is -0.465 e. The lowest BCUT2D eigenvalue weighted by atomic mass is 9.97. The quantitative estimate of drug-likeness (QED) is 0.339. The zero-order chi connectivity index (χ0) is 17.1. The van der Waals surface area contributed by atoms with Crippen LogP contribution in [0, 0.1) is 5.41 Å². The van der Waals surface area contributed by atoms with E-state index in [4.69, 9.17) is 4.74 Å². The summed E-state index contributed by atoms with van der Waals surface area (Å²) in [5, 5.41) is 0. The van der Waals surface area contributed by atoms with Crippen LogP contribution in [-0.2, 0) is 9.53 Å². The van der Waals surface area contributed by atoms with Gasteiger partial charge in [-0.15, -0.1) is 0 Å². The summed E-state index contributed by atoms with van der Waals surface area (Å²) < 4.78 is 5.23. The van der Waals surface area contributed by atoms with E-state index in [1.807, 2.05) is 51.1 Å². The minimum atomic E-state index is -0.411. The van der Waals surface area contributed by atoms with Crippen LogP contribution < -0.4 is 0 Å². The van der Waals surface area contributed by atoms with Crippen LogP contribution in [0.3, 0.4) is 0 Å². The third kappa shape index (κ3) is 8.53. The molecule has 0 unspecified atom stereocenters. The highest BCUT2D eigenvalue weighted by atomic mass is 16.5. The Bertz CT molecular complexity index is 471. The molecule has 0 saturated carbocycles. The van der Waals surface area contributed by atoms with E-state index in [1.165, 1.54) is 0 Å². The number of hydrogen-bond donors (Lipinski definition) is 0. The molecule has 3 heteroatoms. The summed E-state index contributed by atoms with van der Waals surface area (Å²) in [6, 6.07) is 9.48. The number of esters is 1. The molecule has 23 heavy (non-hydrogen) atoms. The van der Waals surface area contributed by atoms with Gasteiger partial charge in [-0.2, -0.15) is 0 Å². The van der Waals surface area contributed by atoms with Crippen molar-refractivity contribution in [1.82, 2.24) is 0 Å². The maximum absolute atomic E-state index is 11.9. The molecule has 3 nitrogen and oxygen atoms in total. The van der Waals surface area contributed by atoms with E-state index in [0.29, 0.717) is 13.0 Å². The monoisotopic (exact) mass is 318 g/mol. The van der Waals surface area contributed by atoms with Crippen LogP contribution in [-0.4, -0.2) is 18.4 Å². The second-order valence-electron chi connectivity index (χ2n) is 7.05. The highest BCUT2D eigenvalue weighted by molar-refractivity contribution is 5.95. The van der Waals surface area contributed by atoms with E-state index >= 15 is 0 Å². The van der Waals surface area contributed by atoms with Gasteiger partial charge in [0.1, 0.15) is 0 Å². The number of hydrogen-bond acceptors (Lipinski definition) is 3. The summed E-state index contributed by atoms with van der Waals surface area (Å²) in [6.07, 6.45) is 6.93. The molecule has 0 radical (unpaired) electrons. The average Bonchev–Trinajstić information content (AvgIpc) is 2.52. The minimum absolute atomic E-state index is 0.128. The lowest BCUT2D eigenvalue weighted by molar-refractivity contribution is -0.153. The highest BCUT2D eigenvalue weighted by Crippen LogP contribution is 2.16. The summed E-state index contributed by atoms with van der Waals surface area (Å²) >= 11 is 0. The van der Waals surface area contributed by atoms with Crippen LogP contribution in [0.2, 0.25) is 0 Å². The number of ketones is 1. The third-order valence-corrected chi connectivity index (χ3v) is 3.74. The maximum atomic E-state index is 11.9. The lowest BCUT2D eigenvalue weighted by Gasteiger charge is -2.16. The molecule has 0 aliphatic rings. The Balaban J connectivity index is 1.96. The van der Waals surface area contributed by atoms with Crippen molar-refractivity contribution < 1.29 is 14.3 Å². The van der Waals surface area contributed by atoms with Gasteiger partial charge >= 0.3 is 5.97 Å². The van der Waals surface area contributed by atoms with Gasteiger partial charge in [-0.05, 0) is 33.6 Å². The van der Waals surface area contributed by atoms with Gasteiger partial charge in [-0.1, -0.05) is 56.0 Å². The molecule has 0 fully saturated rings. The van der Waals surface area contributed by atoms with Crippen LogP contribution in [0.25, 0.3) is 0 Å². The zero-order valence-corrected chi connectivity index (χ0v) is 14.8. The fourth-order valence-corrected chi connectivity index (χ4v) is 2.24. The number of benzene rings is 1. The van der Waals surface area contributed by atoms with Crippen LogP contribution >= 0.6 is 0 Å². The number of Topliss-reactive ketones (excluding diaryl/α,β-unsaturated/α-hetero) is 1. The van der Waals surface area contributed by atoms with Crippen molar-refractivity contribution in [1.29, 1.82) is 0 Å². The Hall–Kier alpha value is -1.64. The van der Waals surface area contributed by atoms with Gasteiger partial charge in [0.05, 0.1) is 12.0 Å². The molecule has 0 aliphatic carbocycles. The summed E-state index contributed by atoms with van der Waals surface area (Å²) in [7, 11) is 0. The number of unbranched alkanes of at least 4 members (excludes halogenated alkanes) is 5. The van der Waals surface area contributed by atoms with Crippen LogP contribution in [0.4, 0.5) is 0 Å². The first-order valence-corrected chi connectivity index (χ1v) is 8.67. The molecule has 0 amide bonds. The smallest absolute Gasteiger partial charge is 0.311 e. The molecule has 1 aromatic carbocycles. The lowest BCUT2D eigenvalue weighted by Crippen LogP contribution is -2.23. The molecule has 0 heterocycles. The highest BCUT2D eigenvalue weighted by Gasteiger charge is 2.22. The van der Waals surface area contributed by atoms with Gasteiger partial charge in [-0.25, -0.2) is 0 Å². The summed E-state index contributed by atoms with van der Waals surface area (Å²) in [5.74, 6) is 0.108. The Kier molecular flexibility index (Phi) is 8.60. The van der Waals surface area contributed by atoms with Crippen molar-refractivity contribution in [3.8, 4) is 0 Å². The first kappa shape index (κ1) is 19.4. The predicted molar refractivity (Wildman–Crippen MR) is 93.5 cm³/mol. The molecule has 1 rings (SSSR count). The summed E-state index contributed by atoms with van der Waals surface area (Å²) in [6.45, 7) is 6.12. The second kappa shape index (κ2) is 10.2. The Morgan fingerprint density at radius 2 is 1.43 bits per heavy atom. The number of carbonyl (C=O) groups is 2. The molecule has 0 atom stereocenters. The van der Waals surface area contributed by atoms with Crippen molar-refractivity contribution in [2.75, 3.05) is 6.61 Å². The molecular weight excluding hydrogens is 288 g/mol. The summed E-state index contributed by atoms with van der Waals surface area (Å²) in [5.41, 5.74) is 0.402. The fraction of sp³-hybridized carbons (Fsp3) is 0.600. The van der Waals surface area contributed by atoms with Gasteiger partial charge < -0.3 is 4.74 Å². The standard InChI is InChI=1S/C20H30O3/c1-20(2,3)19(22)23-16-12-7-5-4-6-11-15-18(21)17-13-9-8-10-14-17/h8-10,13-14H,4-7,11-12,15-16H2,1-3H3. The van der Waals surface area contributed by atoms with E-state index in [9.17, 15) is 9.59 Å². The zero-order valence-electron chi connectivity index (χ0n) is 14.8. The van der Waals surface area contributed by atoms with Crippen LogP contribution in [0.1, 0.15) is 76.1 Å². The second-order valence-corrected chi connectivity index (χ2v) is 7.05. The molecule has 1 aromatic rings. The first-order chi connectivity index (χ1) is 10.9. The normalized spacial score (nSPS) is 11.3. The maximum Gasteiger partial charge on any atom is 0.311 e. The van der Waals surface area contributed by atoms with E-state index < -0.39 is 5.41 Å². The van der Waals surface area contributed by atoms with E-state index in [-0.39, 0.29) is 11.8 Å². The van der Waals surface area contributed by atoms with Gasteiger partial charge in [0, 0.05) is 12.0 Å². The van der Waals surface area contributed by atoms with Gasteiger partial charge in [0.15, 0.2) is 5.78 Å². The molecular formula is C20H30O3. The van der Waals surface area contributed by atoms with Gasteiger partial charge in [0.2, 0.25) is 0 Å². The van der Waals surface area contributed by atoms with Gasteiger partial charge in [0.25, 0.3) is 0 Å². The Morgan fingerprint density at radius 1 is 0.870 bits per heavy atom. The van der Waals surface area contributed by atoms with E-state index in [1.54, 1.807) is 0 Å². The predicted octanol–water partition coefficient (Wildman–Crippen LogP) is 5.19. The third-order valence-electron chi connectivity index (χ3n) is 3.74. The van der Waals surface area contributed by atoms with Crippen molar-refractivity contribution >= 4 is 11.8 Å². The van der Waals surface area contributed by atoms with Crippen LogP contribution in [0.15, 0.2) is 30.3 Å². The number of carbonyl (C=O) groups excluding carboxylic acids is 2. The largest absolute Gasteiger partial charge is 0.465 e. The molecule has 0 spiro atoms. The molecule has 0 bridgehead atoms. The number of ether oxygens (including phenoxy) is 1. The van der Waals surface area contributed by atoms with Crippen molar-refractivity contribution in [2.45, 2.75) is 65.7 Å².